The van der Waals surface area contributed by atoms with Gasteiger partial charge in [0.15, 0.2) is 5.76 Å². The van der Waals surface area contributed by atoms with Crippen LogP contribution in [0.25, 0.3) is 6.08 Å². The molecule has 0 spiro atoms. The zero-order valence-corrected chi connectivity index (χ0v) is 15.9. The average Bonchev–Trinajstić information content (AvgIpc) is 2.77. The molecule has 4 nitrogen and oxygen atoms in total. The van der Waals surface area contributed by atoms with Gasteiger partial charge in [-0.3, -0.25) is 4.79 Å². The lowest BCUT2D eigenvalue weighted by Gasteiger charge is -2.11. The Labute approximate surface area is 165 Å². The van der Waals surface area contributed by atoms with Gasteiger partial charge in [0.2, 0.25) is 5.78 Å². The summed E-state index contributed by atoms with van der Waals surface area (Å²) in [7, 11) is 3.07. The number of ether oxygens (including phenoxy) is 3. The van der Waals surface area contributed by atoms with Gasteiger partial charge in [-0.15, -0.1) is 0 Å². The van der Waals surface area contributed by atoms with E-state index in [9.17, 15) is 4.79 Å². The molecule has 0 aliphatic carbocycles. The van der Waals surface area contributed by atoms with E-state index in [1.54, 1.807) is 37.5 Å². The number of carbonyl (C=O) groups is 1. The number of Topliss-reactive ketones (excluding diaryl/α,β-unsaturated/α-hetero) is 1. The number of benzene rings is 3. The first-order chi connectivity index (χ1) is 13.7. The molecule has 0 fully saturated rings. The molecule has 0 amide bonds. The molecule has 0 bridgehead atoms. The second-order valence-corrected chi connectivity index (χ2v) is 6.08. The molecule has 0 aliphatic heterocycles. The Bertz CT molecular complexity index is 944. The van der Waals surface area contributed by atoms with Crippen LogP contribution < -0.4 is 9.47 Å². The highest BCUT2D eigenvalue weighted by molar-refractivity contribution is 6.10. The summed E-state index contributed by atoms with van der Waals surface area (Å²) < 4.78 is 16.5. The standard InChI is InChI=1S/C24H22O4/c1-26-21-14-12-19(13-15-21)24(25)23(27-2)16-20-10-6-7-11-22(20)28-17-18-8-4-3-5-9-18/h3-16H,17H2,1-2H3. The van der Waals surface area contributed by atoms with Crippen LogP contribution in [-0.2, 0) is 11.3 Å². The number of allylic oxidation sites excluding steroid dienone is 1. The molecule has 0 radical (unpaired) electrons. The third kappa shape index (κ3) is 4.80. The van der Waals surface area contributed by atoms with Crippen molar-refractivity contribution in [1.29, 1.82) is 0 Å². The molecule has 3 aromatic rings. The molecule has 3 rings (SSSR count). The van der Waals surface area contributed by atoms with E-state index in [1.165, 1.54) is 7.11 Å². The van der Waals surface area contributed by atoms with E-state index >= 15 is 0 Å². The molecule has 0 heterocycles. The van der Waals surface area contributed by atoms with Gasteiger partial charge in [0.1, 0.15) is 18.1 Å². The Kier molecular flexibility index (Phi) is 6.47. The van der Waals surface area contributed by atoms with Crippen molar-refractivity contribution in [2.45, 2.75) is 6.61 Å². The first-order valence-corrected chi connectivity index (χ1v) is 8.91. The van der Waals surface area contributed by atoms with Gasteiger partial charge in [-0.05, 0) is 42.0 Å². The summed E-state index contributed by atoms with van der Waals surface area (Å²) in [6.07, 6.45) is 1.70. The minimum Gasteiger partial charge on any atom is -0.497 e. The number of rotatable bonds is 8. The lowest BCUT2D eigenvalue weighted by molar-refractivity contribution is 0.0957. The van der Waals surface area contributed by atoms with Crippen molar-refractivity contribution in [3.05, 3.63) is 101 Å². The Morgan fingerprint density at radius 2 is 1.54 bits per heavy atom. The van der Waals surface area contributed by atoms with Gasteiger partial charge in [0.25, 0.3) is 0 Å². The summed E-state index contributed by atoms with van der Waals surface area (Å²) in [6.45, 7) is 0.445. The Morgan fingerprint density at radius 1 is 0.857 bits per heavy atom. The maximum atomic E-state index is 12.8. The number of hydrogen-bond donors (Lipinski definition) is 0. The van der Waals surface area contributed by atoms with Crippen LogP contribution >= 0.6 is 0 Å². The highest BCUT2D eigenvalue weighted by Gasteiger charge is 2.14. The van der Waals surface area contributed by atoms with Crippen molar-refractivity contribution in [2.24, 2.45) is 0 Å². The minimum absolute atomic E-state index is 0.206. The molecule has 0 saturated carbocycles. The van der Waals surface area contributed by atoms with E-state index in [2.05, 4.69) is 0 Å². The largest absolute Gasteiger partial charge is 0.497 e. The van der Waals surface area contributed by atoms with E-state index in [0.29, 0.717) is 23.7 Å². The maximum Gasteiger partial charge on any atom is 0.227 e. The number of methoxy groups -OCH3 is 2. The zero-order chi connectivity index (χ0) is 19.8. The predicted octanol–water partition coefficient (Wildman–Crippen LogP) is 5.14. The van der Waals surface area contributed by atoms with Crippen LogP contribution in [0.5, 0.6) is 11.5 Å². The molecule has 0 saturated heterocycles. The Hall–Kier alpha value is -3.53. The van der Waals surface area contributed by atoms with E-state index in [1.807, 2.05) is 54.6 Å². The summed E-state index contributed by atoms with van der Waals surface area (Å²) in [5, 5.41) is 0. The summed E-state index contributed by atoms with van der Waals surface area (Å²) in [6, 6.07) is 24.4. The number of para-hydroxylation sites is 1. The quantitative estimate of drug-likeness (QED) is 0.311. The lowest BCUT2D eigenvalue weighted by Crippen LogP contribution is -2.05. The molecule has 3 aromatic carbocycles. The highest BCUT2D eigenvalue weighted by Crippen LogP contribution is 2.24. The Balaban J connectivity index is 1.82. The average molecular weight is 374 g/mol. The number of ketones is 1. The molecule has 0 aliphatic rings. The van der Waals surface area contributed by atoms with E-state index in [-0.39, 0.29) is 11.5 Å². The van der Waals surface area contributed by atoms with E-state index < -0.39 is 0 Å². The molecular weight excluding hydrogens is 352 g/mol. The summed E-state index contributed by atoms with van der Waals surface area (Å²) >= 11 is 0. The molecule has 0 atom stereocenters. The molecular formula is C24H22O4. The summed E-state index contributed by atoms with van der Waals surface area (Å²) in [4.78, 5) is 12.8. The van der Waals surface area contributed by atoms with Crippen LogP contribution in [0.3, 0.4) is 0 Å². The van der Waals surface area contributed by atoms with Crippen LogP contribution in [-0.4, -0.2) is 20.0 Å². The van der Waals surface area contributed by atoms with Gasteiger partial charge >= 0.3 is 0 Å². The van der Waals surface area contributed by atoms with E-state index in [0.717, 1.165) is 11.1 Å². The fraction of sp³-hybridized carbons (Fsp3) is 0.125. The molecule has 4 heteroatoms. The van der Waals surface area contributed by atoms with Gasteiger partial charge in [-0.25, -0.2) is 0 Å². The first kappa shape index (κ1) is 19.2. The van der Waals surface area contributed by atoms with Crippen molar-refractivity contribution in [1.82, 2.24) is 0 Å². The topological polar surface area (TPSA) is 44.8 Å². The molecule has 0 aromatic heterocycles. The molecule has 0 N–H and O–H groups in total. The minimum atomic E-state index is -0.206. The number of hydrogen-bond acceptors (Lipinski definition) is 4. The SMILES string of the molecule is COC(=Cc1ccccc1OCc1ccccc1)C(=O)c1ccc(OC)cc1. The zero-order valence-electron chi connectivity index (χ0n) is 15.9. The summed E-state index contributed by atoms with van der Waals surface area (Å²) in [5.41, 5.74) is 2.37. The fourth-order valence-electron chi connectivity index (χ4n) is 2.71. The van der Waals surface area contributed by atoms with Crippen molar-refractivity contribution in [3.8, 4) is 11.5 Å². The van der Waals surface area contributed by atoms with Crippen molar-refractivity contribution < 1.29 is 19.0 Å². The van der Waals surface area contributed by atoms with Gasteiger partial charge in [-0.1, -0.05) is 48.5 Å². The fourth-order valence-corrected chi connectivity index (χ4v) is 2.71. The van der Waals surface area contributed by atoms with Crippen molar-refractivity contribution in [3.63, 3.8) is 0 Å². The first-order valence-electron chi connectivity index (χ1n) is 8.91. The second-order valence-electron chi connectivity index (χ2n) is 6.08. The van der Waals surface area contributed by atoms with E-state index in [4.69, 9.17) is 14.2 Å². The molecule has 142 valence electrons. The van der Waals surface area contributed by atoms with Crippen LogP contribution in [0.1, 0.15) is 21.5 Å². The predicted molar refractivity (Wildman–Crippen MR) is 110 cm³/mol. The lowest BCUT2D eigenvalue weighted by atomic mass is 10.1. The van der Waals surface area contributed by atoms with Crippen LogP contribution in [0.4, 0.5) is 0 Å². The van der Waals surface area contributed by atoms with Crippen molar-refractivity contribution in [2.75, 3.05) is 14.2 Å². The second kappa shape index (κ2) is 9.42. The van der Waals surface area contributed by atoms with Gasteiger partial charge in [0.05, 0.1) is 14.2 Å². The van der Waals surface area contributed by atoms with Gasteiger partial charge in [-0.2, -0.15) is 0 Å². The normalized spacial score (nSPS) is 11.0. The number of carbonyl (C=O) groups excluding carboxylic acids is 1. The van der Waals surface area contributed by atoms with Crippen LogP contribution in [0.2, 0.25) is 0 Å². The van der Waals surface area contributed by atoms with Crippen molar-refractivity contribution >= 4 is 11.9 Å². The van der Waals surface area contributed by atoms with Gasteiger partial charge in [0, 0.05) is 11.1 Å². The summed E-state index contributed by atoms with van der Waals surface area (Å²) in [5.74, 6) is 1.41. The highest BCUT2D eigenvalue weighted by atomic mass is 16.5. The monoisotopic (exact) mass is 374 g/mol. The molecule has 0 unspecified atom stereocenters. The van der Waals surface area contributed by atoms with Crippen LogP contribution in [0.15, 0.2) is 84.6 Å². The van der Waals surface area contributed by atoms with Gasteiger partial charge < -0.3 is 14.2 Å². The third-order valence-electron chi connectivity index (χ3n) is 4.24. The third-order valence-corrected chi connectivity index (χ3v) is 4.24. The van der Waals surface area contributed by atoms with Crippen LogP contribution in [0, 0.1) is 0 Å². The molecule has 28 heavy (non-hydrogen) atoms. The smallest absolute Gasteiger partial charge is 0.227 e. The maximum absolute atomic E-state index is 12.8. The Morgan fingerprint density at radius 3 is 2.21 bits per heavy atom.